The Morgan fingerprint density at radius 1 is 1.56 bits per heavy atom. The van der Waals surface area contributed by atoms with Crippen molar-refractivity contribution in [1.82, 2.24) is 24.5 Å². The molecule has 1 saturated heterocycles. The van der Waals surface area contributed by atoms with Crippen LogP contribution in [0.5, 0.6) is 0 Å². The Morgan fingerprint density at radius 3 is 3.28 bits per heavy atom. The van der Waals surface area contributed by atoms with Gasteiger partial charge in [0.1, 0.15) is 12.1 Å². The summed E-state index contributed by atoms with van der Waals surface area (Å²) in [5.74, 6) is 0.766. The Morgan fingerprint density at radius 2 is 2.44 bits per heavy atom. The van der Waals surface area contributed by atoms with Crippen molar-refractivity contribution in [2.45, 2.75) is 18.9 Å². The largest absolute Gasteiger partial charge is 0.366 e. The van der Waals surface area contributed by atoms with E-state index in [1.165, 1.54) is 17.1 Å². The van der Waals surface area contributed by atoms with Crippen LogP contribution in [-0.4, -0.2) is 50.7 Å². The number of H-pyrrole nitrogens is 1. The van der Waals surface area contributed by atoms with Crippen LogP contribution in [0.1, 0.15) is 12.8 Å². The predicted octanol–water partition coefficient (Wildman–Crippen LogP) is -0.0763. The summed E-state index contributed by atoms with van der Waals surface area (Å²) < 4.78 is 1.39. The van der Waals surface area contributed by atoms with Crippen LogP contribution in [0.25, 0.3) is 5.65 Å². The molecule has 2 N–H and O–H groups in total. The molecule has 3 rings (SSSR count). The molecular weight excluding hydrogens is 232 g/mol. The van der Waals surface area contributed by atoms with E-state index in [0.29, 0.717) is 11.7 Å². The van der Waals surface area contributed by atoms with Gasteiger partial charge < -0.3 is 10.2 Å². The minimum atomic E-state index is -0.263. The van der Waals surface area contributed by atoms with E-state index in [1.807, 2.05) is 0 Å². The highest BCUT2D eigenvalue weighted by atomic mass is 16.1. The van der Waals surface area contributed by atoms with E-state index in [4.69, 9.17) is 0 Å². The van der Waals surface area contributed by atoms with Gasteiger partial charge in [-0.1, -0.05) is 0 Å². The summed E-state index contributed by atoms with van der Waals surface area (Å²) in [5, 5.41) is 9.71. The van der Waals surface area contributed by atoms with E-state index in [1.54, 1.807) is 6.07 Å². The molecule has 0 aromatic carbocycles. The van der Waals surface area contributed by atoms with Gasteiger partial charge in [-0.15, -0.1) is 0 Å². The average molecular weight is 248 g/mol. The molecule has 7 nitrogen and oxygen atoms in total. The number of piperidine rings is 1. The Bertz CT molecular complexity index is 603. The van der Waals surface area contributed by atoms with Gasteiger partial charge in [-0.05, 0) is 26.4 Å². The van der Waals surface area contributed by atoms with E-state index in [2.05, 4.69) is 32.4 Å². The number of nitrogens with zero attached hydrogens (tertiary/aromatic N) is 4. The first kappa shape index (κ1) is 11.2. The van der Waals surface area contributed by atoms with Crippen LogP contribution in [0.2, 0.25) is 0 Å². The van der Waals surface area contributed by atoms with Crippen LogP contribution in [0.3, 0.4) is 0 Å². The van der Waals surface area contributed by atoms with Crippen molar-refractivity contribution >= 4 is 11.5 Å². The van der Waals surface area contributed by atoms with Crippen LogP contribution >= 0.6 is 0 Å². The maximum absolute atomic E-state index is 11.3. The molecule has 2 aromatic heterocycles. The van der Waals surface area contributed by atoms with Gasteiger partial charge >= 0.3 is 5.69 Å². The minimum Gasteiger partial charge on any atom is -0.366 e. The van der Waals surface area contributed by atoms with Crippen molar-refractivity contribution in [1.29, 1.82) is 0 Å². The SMILES string of the molecule is CN1CCCC(Nc2cc3n[nH]c(=O)n3cn2)C1. The number of nitrogens with one attached hydrogen (secondary N) is 2. The summed E-state index contributed by atoms with van der Waals surface area (Å²) >= 11 is 0. The lowest BCUT2D eigenvalue weighted by Crippen LogP contribution is -2.39. The van der Waals surface area contributed by atoms with E-state index in [9.17, 15) is 4.79 Å². The second-order valence-electron chi connectivity index (χ2n) is 4.78. The molecule has 0 saturated carbocycles. The topological polar surface area (TPSA) is 78.3 Å². The minimum absolute atomic E-state index is 0.263. The van der Waals surface area contributed by atoms with Gasteiger partial charge in [-0.3, -0.25) is 0 Å². The van der Waals surface area contributed by atoms with Crippen molar-refractivity contribution in [2.24, 2.45) is 0 Å². The molecule has 3 heterocycles. The molecule has 18 heavy (non-hydrogen) atoms. The van der Waals surface area contributed by atoms with Crippen LogP contribution < -0.4 is 11.0 Å². The summed E-state index contributed by atoms with van der Waals surface area (Å²) in [5.41, 5.74) is 0.322. The van der Waals surface area contributed by atoms with E-state index in [-0.39, 0.29) is 5.69 Å². The van der Waals surface area contributed by atoms with Crippen molar-refractivity contribution in [3.05, 3.63) is 22.9 Å². The molecule has 0 spiro atoms. The third kappa shape index (κ3) is 2.08. The first-order valence-corrected chi connectivity index (χ1v) is 6.10. The predicted molar refractivity (Wildman–Crippen MR) is 67.7 cm³/mol. The molecule has 1 atom stereocenters. The number of aromatic amines is 1. The van der Waals surface area contributed by atoms with Crippen molar-refractivity contribution < 1.29 is 0 Å². The molecule has 0 bridgehead atoms. The number of hydrogen-bond acceptors (Lipinski definition) is 5. The Hall–Kier alpha value is -1.89. The number of aromatic nitrogens is 4. The highest BCUT2D eigenvalue weighted by molar-refractivity contribution is 5.48. The van der Waals surface area contributed by atoms with Gasteiger partial charge in [0.2, 0.25) is 0 Å². The molecule has 1 unspecified atom stereocenters. The number of rotatable bonds is 2. The monoisotopic (exact) mass is 248 g/mol. The summed E-state index contributed by atoms with van der Waals surface area (Å²) in [4.78, 5) is 17.8. The highest BCUT2D eigenvalue weighted by Crippen LogP contribution is 2.13. The quantitative estimate of drug-likeness (QED) is 0.777. The average Bonchev–Trinajstić information content (AvgIpc) is 2.71. The van der Waals surface area contributed by atoms with Crippen molar-refractivity contribution in [3.8, 4) is 0 Å². The van der Waals surface area contributed by atoms with Crippen LogP contribution in [0.4, 0.5) is 5.82 Å². The Balaban J connectivity index is 1.80. The second kappa shape index (κ2) is 4.41. The lowest BCUT2D eigenvalue weighted by molar-refractivity contribution is 0.261. The molecule has 1 aliphatic heterocycles. The smallest absolute Gasteiger partial charge is 0.348 e. The van der Waals surface area contributed by atoms with Gasteiger partial charge in [0.05, 0.1) is 0 Å². The van der Waals surface area contributed by atoms with Crippen LogP contribution in [0, 0.1) is 0 Å². The molecular formula is C11H16N6O. The van der Waals surface area contributed by atoms with E-state index in [0.717, 1.165) is 25.3 Å². The normalized spacial score (nSPS) is 21.3. The number of likely N-dealkylation sites (N-methyl/N-ethyl adjacent to an activating group) is 1. The standard InChI is InChI=1S/C11H16N6O/c1-16-4-2-3-8(6-16)13-9-5-10-14-15-11(18)17(10)7-12-9/h5,7-8,13H,2-4,6H2,1H3,(H,15,18). The third-order valence-corrected chi connectivity index (χ3v) is 3.29. The zero-order valence-corrected chi connectivity index (χ0v) is 10.3. The van der Waals surface area contributed by atoms with Crippen LogP contribution in [-0.2, 0) is 0 Å². The van der Waals surface area contributed by atoms with Crippen molar-refractivity contribution in [3.63, 3.8) is 0 Å². The lowest BCUT2D eigenvalue weighted by Gasteiger charge is -2.30. The molecule has 0 amide bonds. The Labute approximate surface area is 104 Å². The van der Waals surface area contributed by atoms with E-state index >= 15 is 0 Å². The number of fused-ring (bicyclic) bond motifs is 1. The van der Waals surface area contributed by atoms with Gasteiger partial charge in [-0.25, -0.2) is 19.3 Å². The fourth-order valence-corrected chi connectivity index (χ4v) is 2.38. The summed E-state index contributed by atoms with van der Waals surface area (Å²) in [7, 11) is 2.12. The number of hydrogen-bond donors (Lipinski definition) is 2. The summed E-state index contributed by atoms with van der Waals surface area (Å²) in [6.45, 7) is 2.17. The second-order valence-corrected chi connectivity index (χ2v) is 4.78. The molecule has 1 aliphatic rings. The first-order valence-electron chi connectivity index (χ1n) is 6.10. The first-order chi connectivity index (χ1) is 8.72. The molecule has 1 fully saturated rings. The maximum atomic E-state index is 11.3. The Kier molecular flexibility index (Phi) is 2.75. The number of anilines is 1. The van der Waals surface area contributed by atoms with Gasteiger partial charge in [0.15, 0.2) is 5.65 Å². The van der Waals surface area contributed by atoms with Crippen molar-refractivity contribution in [2.75, 3.05) is 25.5 Å². The lowest BCUT2D eigenvalue weighted by atomic mass is 10.1. The zero-order chi connectivity index (χ0) is 12.5. The highest BCUT2D eigenvalue weighted by Gasteiger charge is 2.17. The number of likely N-dealkylation sites (tertiary alicyclic amines) is 1. The van der Waals surface area contributed by atoms with E-state index < -0.39 is 0 Å². The maximum Gasteiger partial charge on any atom is 0.348 e. The third-order valence-electron chi connectivity index (χ3n) is 3.29. The molecule has 7 heteroatoms. The molecule has 0 radical (unpaired) electrons. The zero-order valence-electron chi connectivity index (χ0n) is 10.3. The van der Waals surface area contributed by atoms with Gasteiger partial charge in [0, 0.05) is 18.7 Å². The van der Waals surface area contributed by atoms with Gasteiger partial charge in [-0.2, -0.15) is 5.10 Å². The molecule has 0 aliphatic carbocycles. The molecule has 2 aromatic rings. The fraction of sp³-hybridized carbons (Fsp3) is 0.545. The summed E-state index contributed by atoms with van der Waals surface area (Å²) in [6.07, 6.45) is 3.83. The molecule has 96 valence electrons. The van der Waals surface area contributed by atoms with Crippen LogP contribution in [0.15, 0.2) is 17.2 Å². The summed E-state index contributed by atoms with van der Waals surface area (Å²) in [6, 6.07) is 2.19. The fourth-order valence-electron chi connectivity index (χ4n) is 2.38. The van der Waals surface area contributed by atoms with Gasteiger partial charge in [0.25, 0.3) is 0 Å².